The molecule has 0 saturated heterocycles. The normalized spacial score (nSPS) is 11.2. The van der Waals surface area contributed by atoms with E-state index in [-0.39, 0.29) is 0 Å². The van der Waals surface area contributed by atoms with Crippen LogP contribution in [-0.4, -0.2) is 0 Å². The van der Waals surface area contributed by atoms with Crippen LogP contribution in [-0.2, 0) is 24.6 Å². The van der Waals surface area contributed by atoms with E-state index in [4.69, 9.17) is 0 Å². The minimum absolute atomic E-state index is 0.680. The summed E-state index contributed by atoms with van der Waals surface area (Å²) in [6, 6.07) is 0. The zero-order chi connectivity index (χ0) is 9.78. The summed E-state index contributed by atoms with van der Waals surface area (Å²) in [6.45, 7) is 4.51. The number of hydrogen-bond acceptors (Lipinski definition) is 0. The molecule has 0 amide bonds. The molecule has 0 heterocycles. The van der Waals surface area contributed by atoms with E-state index in [2.05, 4.69) is 33.2 Å². The zero-order valence-electron chi connectivity index (χ0n) is 9.26. The van der Waals surface area contributed by atoms with Gasteiger partial charge in [-0.25, -0.2) is 0 Å². The molecule has 0 fully saturated rings. The fourth-order valence-corrected chi connectivity index (χ4v) is 5.09. The van der Waals surface area contributed by atoms with Crippen molar-refractivity contribution in [1.82, 2.24) is 0 Å². The molecule has 13 heavy (non-hydrogen) atoms. The summed E-state index contributed by atoms with van der Waals surface area (Å²) in [5.41, 5.74) is 0. The van der Waals surface area contributed by atoms with Crippen LogP contribution in [0.3, 0.4) is 0 Å². The predicted octanol–water partition coefficient (Wildman–Crippen LogP) is 4.48. The van der Waals surface area contributed by atoms with Crippen LogP contribution in [0.4, 0.5) is 0 Å². The van der Waals surface area contributed by atoms with E-state index in [1.54, 1.807) is 0 Å². The van der Waals surface area contributed by atoms with Gasteiger partial charge in [-0.1, -0.05) is 0 Å². The Bertz CT molecular complexity index is 120. The van der Waals surface area contributed by atoms with E-state index in [1.165, 1.54) is 38.5 Å². The van der Waals surface area contributed by atoms with Gasteiger partial charge in [0.15, 0.2) is 0 Å². The van der Waals surface area contributed by atoms with E-state index >= 15 is 0 Å². The van der Waals surface area contributed by atoms with E-state index in [9.17, 15) is 0 Å². The molecule has 0 unspecified atom stereocenters. The molecule has 1 heteroatoms. The average Bonchev–Trinajstić information content (AvgIpc) is 2.16. The van der Waals surface area contributed by atoms with Crippen molar-refractivity contribution in [3.05, 3.63) is 19.3 Å². The van der Waals surface area contributed by atoms with Crippen LogP contribution in [0.2, 0.25) is 0 Å². The molecule has 0 radical (unpaired) electrons. The van der Waals surface area contributed by atoms with Gasteiger partial charge in [0.2, 0.25) is 0 Å². The first-order valence-corrected chi connectivity index (χ1v) is 12.1. The molecule has 0 rings (SSSR count). The van der Waals surface area contributed by atoms with Gasteiger partial charge in [-0.2, -0.15) is 0 Å². The quantitative estimate of drug-likeness (QED) is 0.439. The monoisotopic (exact) mass is 368 g/mol. The SMILES string of the molecule is CCCCC=[CH][Hg][CH]=CCCCC. The number of hydrogen-bond donors (Lipinski definition) is 0. The summed E-state index contributed by atoms with van der Waals surface area (Å²) < 4.78 is 5.00. The van der Waals surface area contributed by atoms with Gasteiger partial charge in [-0.15, -0.1) is 0 Å². The fraction of sp³-hybridized carbons (Fsp3) is 0.667. The molecule has 0 atom stereocenters. The van der Waals surface area contributed by atoms with E-state index in [0.717, 1.165) is 0 Å². The number of unbranched alkanes of at least 4 members (excludes halogenated alkanes) is 4. The molecule has 0 aromatic heterocycles. The van der Waals surface area contributed by atoms with E-state index in [0.29, 0.717) is 0 Å². The summed E-state index contributed by atoms with van der Waals surface area (Å²) in [4.78, 5) is 0. The van der Waals surface area contributed by atoms with Crippen molar-refractivity contribution in [1.29, 1.82) is 0 Å². The van der Waals surface area contributed by atoms with E-state index < -0.39 is 24.6 Å². The van der Waals surface area contributed by atoms with Crippen LogP contribution in [0.1, 0.15) is 52.4 Å². The summed E-state index contributed by atoms with van der Waals surface area (Å²) in [5, 5.41) is 0. The van der Waals surface area contributed by atoms with Crippen LogP contribution < -0.4 is 0 Å². The Hall–Kier alpha value is 0.415. The third kappa shape index (κ3) is 12.4. The molecular weight excluding hydrogens is 345 g/mol. The molecule has 0 saturated carbocycles. The first kappa shape index (κ1) is 13.4. The summed E-state index contributed by atoms with van der Waals surface area (Å²) in [5.74, 6) is 0. The molecule has 0 aliphatic heterocycles. The molecular formula is C12H22Hg. The molecule has 0 N–H and O–H groups in total. The van der Waals surface area contributed by atoms with Crippen LogP contribution in [0, 0.1) is 0 Å². The second-order valence-corrected chi connectivity index (χ2v) is 8.96. The third-order valence-corrected chi connectivity index (χ3v) is 6.76. The van der Waals surface area contributed by atoms with Crippen molar-refractivity contribution >= 4 is 0 Å². The summed E-state index contributed by atoms with van der Waals surface area (Å²) in [7, 11) is 0. The third-order valence-electron chi connectivity index (χ3n) is 2.05. The van der Waals surface area contributed by atoms with Crippen molar-refractivity contribution in [3.8, 4) is 0 Å². The van der Waals surface area contributed by atoms with Crippen molar-refractivity contribution in [3.63, 3.8) is 0 Å². The second-order valence-electron chi connectivity index (χ2n) is 3.46. The van der Waals surface area contributed by atoms with Gasteiger partial charge in [-0.3, -0.25) is 0 Å². The molecule has 0 aliphatic rings. The maximum absolute atomic E-state index is 2.50. The molecule has 0 spiro atoms. The molecule has 0 bridgehead atoms. The van der Waals surface area contributed by atoms with E-state index in [1.807, 2.05) is 0 Å². The van der Waals surface area contributed by atoms with Crippen LogP contribution in [0.25, 0.3) is 0 Å². The first-order valence-electron chi connectivity index (χ1n) is 5.71. The first-order chi connectivity index (χ1) is 6.41. The summed E-state index contributed by atoms with van der Waals surface area (Å²) >= 11 is -0.680. The van der Waals surface area contributed by atoms with Crippen molar-refractivity contribution < 1.29 is 24.6 Å². The molecule has 72 valence electrons. The van der Waals surface area contributed by atoms with Gasteiger partial charge in [0.25, 0.3) is 0 Å². The Labute approximate surface area is 95.9 Å². The van der Waals surface area contributed by atoms with Gasteiger partial charge >= 0.3 is 96.3 Å². The van der Waals surface area contributed by atoms with Crippen molar-refractivity contribution in [2.45, 2.75) is 52.4 Å². The standard InChI is InChI=1S/2C6H11.Hg/c2*1-3-5-6-4-2;/h2*1,3H,4-6H2,2H3;. The Morgan fingerprint density at radius 3 is 1.69 bits per heavy atom. The predicted molar refractivity (Wildman–Crippen MR) is 57.3 cm³/mol. The van der Waals surface area contributed by atoms with Crippen molar-refractivity contribution in [2.24, 2.45) is 0 Å². The molecule has 0 aromatic rings. The topological polar surface area (TPSA) is 0 Å². The Morgan fingerprint density at radius 1 is 0.846 bits per heavy atom. The molecule has 0 nitrogen and oxygen atoms in total. The number of allylic oxidation sites excluding steroid dienone is 2. The van der Waals surface area contributed by atoms with Crippen LogP contribution >= 0.6 is 0 Å². The van der Waals surface area contributed by atoms with Gasteiger partial charge < -0.3 is 0 Å². The Kier molecular flexibility index (Phi) is 12.8. The van der Waals surface area contributed by atoms with Gasteiger partial charge in [0, 0.05) is 0 Å². The maximum atomic E-state index is 2.50. The van der Waals surface area contributed by atoms with Gasteiger partial charge in [0.05, 0.1) is 0 Å². The average molecular weight is 367 g/mol. The van der Waals surface area contributed by atoms with Gasteiger partial charge in [-0.05, 0) is 0 Å². The molecule has 0 aromatic carbocycles. The van der Waals surface area contributed by atoms with Gasteiger partial charge in [0.1, 0.15) is 0 Å². The van der Waals surface area contributed by atoms with Crippen LogP contribution in [0.15, 0.2) is 19.3 Å². The Morgan fingerprint density at radius 2 is 1.31 bits per heavy atom. The van der Waals surface area contributed by atoms with Crippen LogP contribution in [0.5, 0.6) is 0 Å². The minimum atomic E-state index is -0.680. The number of rotatable bonds is 8. The van der Waals surface area contributed by atoms with Crippen molar-refractivity contribution in [2.75, 3.05) is 0 Å². The summed E-state index contributed by atoms with van der Waals surface area (Å²) in [6.07, 6.45) is 12.8. The second kappa shape index (κ2) is 12.4. The Balaban J connectivity index is 3.13. The fourth-order valence-electron chi connectivity index (χ4n) is 1.15. The molecule has 0 aliphatic carbocycles. The zero-order valence-corrected chi connectivity index (χ0v) is 14.8.